The van der Waals surface area contributed by atoms with Crippen molar-refractivity contribution in [2.45, 2.75) is 11.8 Å². The number of hydrogen-bond donors (Lipinski definition) is 1. The summed E-state index contributed by atoms with van der Waals surface area (Å²) in [6.45, 7) is 1.58. The van der Waals surface area contributed by atoms with Crippen LogP contribution in [-0.2, 0) is 9.84 Å². The molecule has 0 aliphatic heterocycles. The Morgan fingerprint density at radius 3 is 2.56 bits per heavy atom. The molecule has 0 unspecified atom stereocenters. The largest absolute Gasteiger partial charge is 0.710 e. The second-order valence-electron chi connectivity index (χ2n) is 6.99. The van der Waals surface area contributed by atoms with E-state index in [-0.39, 0.29) is 27.6 Å². The minimum Gasteiger partial charge on any atom is -0.710 e. The summed E-state index contributed by atoms with van der Waals surface area (Å²) in [5, 5.41) is 21.7. The SMILES string of the molecule is Cc1cc(-c2cc(S(=O)(=O)CC#N)ccc2Oc2ccc(F)cc2F)c2cc[nH]c2[n+]1[O-]. The Morgan fingerprint density at radius 2 is 1.84 bits per heavy atom. The third kappa shape index (κ3) is 3.74. The highest BCUT2D eigenvalue weighted by Gasteiger charge is 2.22. The maximum absolute atomic E-state index is 14.2. The molecule has 162 valence electrons. The number of pyridine rings is 1. The van der Waals surface area contributed by atoms with Crippen LogP contribution in [-0.4, -0.2) is 19.2 Å². The van der Waals surface area contributed by atoms with Gasteiger partial charge >= 0.3 is 0 Å². The summed E-state index contributed by atoms with van der Waals surface area (Å²) in [6.07, 6.45) is 1.55. The summed E-state index contributed by atoms with van der Waals surface area (Å²) < 4.78 is 58.8. The fourth-order valence-electron chi connectivity index (χ4n) is 3.34. The number of halogens is 2. The van der Waals surface area contributed by atoms with E-state index < -0.39 is 27.2 Å². The molecule has 0 atom stereocenters. The lowest BCUT2D eigenvalue weighted by molar-refractivity contribution is -0.586. The van der Waals surface area contributed by atoms with E-state index in [1.807, 2.05) is 0 Å². The highest BCUT2D eigenvalue weighted by Crippen LogP contribution is 2.39. The van der Waals surface area contributed by atoms with E-state index in [4.69, 9.17) is 10.00 Å². The quantitative estimate of drug-likeness (QED) is 0.359. The van der Waals surface area contributed by atoms with Gasteiger partial charge in [0.15, 0.2) is 21.4 Å². The summed E-state index contributed by atoms with van der Waals surface area (Å²) in [5.74, 6) is -2.63. The number of aromatic nitrogens is 2. The van der Waals surface area contributed by atoms with Crippen molar-refractivity contribution in [2.75, 3.05) is 5.75 Å². The van der Waals surface area contributed by atoms with Crippen LogP contribution < -0.4 is 9.47 Å². The van der Waals surface area contributed by atoms with Gasteiger partial charge in [0.2, 0.25) is 0 Å². The molecule has 4 rings (SSSR count). The highest BCUT2D eigenvalue weighted by molar-refractivity contribution is 7.91. The summed E-state index contributed by atoms with van der Waals surface area (Å²) in [5.41, 5.74) is 1.27. The summed E-state index contributed by atoms with van der Waals surface area (Å²) in [4.78, 5) is 2.70. The molecule has 2 aromatic heterocycles. The first-order valence-electron chi connectivity index (χ1n) is 9.28. The van der Waals surface area contributed by atoms with Crippen molar-refractivity contribution < 1.29 is 26.7 Å². The molecule has 7 nitrogen and oxygen atoms in total. The molecule has 0 amide bonds. The zero-order chi connectivity index (χ0) is 23.0. The first-order valence-corrected chi connectivity index (χ1v) is 10.9. The van der Waals surface area contributed by atoms with Crippen molar-refractivity contribution >= 4 is 20.9 Å². The standard InChI is InChI=1S/C22H15F2N3O4S/c1-13-10-17(16-6-8-26-22(16)27(13)28)18-12-15(32(29,30)9-7-25)3-5-20(18)31-21-4-2-14(23)11-19(21)24/h2-6,8,10-12,26H,9H2,1H3. The third-order valence-corrected chi connectivity index (χ3v) is 6.34. The van der Waals surface area contributed by atoms with Gasteiger partial charge in [-0.05, 0) is 49.4 Å². The Labute approximate surface area is 181 Å². The number of fused-ring (bicyclic) bond motifs is 1. The normalized spacial score (nSPS) is 11.4. The van der Waals surface area contributed by atoms with Gasteiger partial charge in [-0.1, -0.05) is 0 Å². The van der Waals surface area contributed by atoms with E-state index >= 15 is 0 Å². The maximum Gasteiger partial charge on any atom is 0.290 e. The monoisotopic (exact) mass is 455 g/mol. The number of hydrogen-bond acceptors (Lipinski definition) is 5. The predicted molar refractivity (Wildman–Crippen MR) is 112 cm³/mol. The van der Waals surface area contributed by atoms with Crippen LogP contribution in [0.5, 0.6) is 11.5 Å². The van der Waals surface area contributed by atoms with Crippen LogP contribution >= 0.6 is 0 Å². The molecule has 32 heavy (non-hydrogen) atoms. The van der Waals surface area contributed by atoms with E-state index in [0.717, 1.165) is 12.1 Å². The van der Waals surface area contributed by atoms with Gasteiger partial charge < -0.3 is 9.94 Å². The molecule has 0 radical (unpaired) electrons. The van der Waals surface area contributed by atoms with Crippen LogP contribution in [0.1, 0.15) is 5.69 Å². The number of nitrogens with zero attached hydrogens (tertiary/aromatic N) is 2. The number of aryl methyl sites for hydroxylation is 1. The Kier molecular flexibility index (Phi) is 5.28. The average molecular weight is 455 g/mol. The zero-order valence-electron chi connectivity index (χ0n) is 16.6. The molecule has 1 N–H and O–H groups in total. The van der Waals surface area contributed by atoms with Gasteiger partial charge in [0.25, 0.3) is 5.65 Å². The first-order chi connectivity index (χ1) is 15.2. The maximum atomic E-state index is 14.2. The molecule has 0 saturated heterocycles. The minimum atomic E-state index is -3.92. The molecule has 0 spiro atoms. The Bertz CT molecular complexity index is 1510. The summed E-state index contributed by atoms with van der Waals surface area (Å²) >= 11 is 0. The molecule has 10 heteroatoms. The number of sulfone groups is 1. The van der Waals surface area contributed by atoms with Crippen molar-refractivity contribution in [2.24, 2.45) is 0 Å². The average Bonchev–Trinajstić information content (AvgIpc) is 3.23. The first kappa shape index (κ1) is 21.3. The number of aromatic amines is 1. The van der Waals surface area contributed by atoms with Gasteiger partial charge in [0.1, 0.15) is 23.0 Å². The van der Waals surface area contributed by atoms with Gasteiger partial charge in [-0.2, -0.15) is 5.26 Å². The van der Waals surface area contributed by atoms with E-state index in [1.165, 1.54) is 18.2 Å². The van der Waals surface area contributed by atoms with Gasteiger partial charge in [0.05, 0.1) is 22.5 Å². The third-order valence-electron chi connectivity index (χ3n) is 4.86. The smallest absolute Gasteiger partial charge is 0.290 e. The summed E-state index contributed by atoms with van der Waals surface area (Å²) in [7, 11) is -3.92. The molecule has 2 aromatic carbocycles. The molecular weight excluding hydrogens is 440 g/mol. The van der Waals surface area contributed by atoms with Crippen molar-refractivity contribution in [1.29, 1.82) is 5.26 Å². The second kappa shape index (κ2) is 7.94. The number of nitrogens with one attached hydrogen (secondary N) is 1. The Hall–Kier alpha value is -3.97. The van der Waals surface area contributed by atoms with E-state index in [9.17, 15) is 22.4 Å². The number of benzene rings is 2. The van der Waals surface area contributed by atoms with Crippen LogP contribution in [0, 0.1) is 35.1 Å². The van der Waals surface area contributed by atoms with E-state index in [2.05, 4.69) is 4.98 Å². The van der Waals surface area contributed by atoms with Crippen molar-refractivity contribution in [3.63, 3.8) is 0 Å². The highest BCUT2D eigenvalue weighted by atomic mass is 32.2. The summed E-state index contributed by atoms with van der Waals surface area (Å²) in [6, 6.07) is 11.5. The van der Waals surface area contributed by atoms with Gasteiger partial charge in [0, 0.05) is 17.2 Å². The number of ether oxygens (including phenoxy) is 1. The van der Waals surface area contributed by atoms with E-state index in [0.29, 0.717) is 27.4 Å². The molecule has 0 fully saturated rings. The zero-order valence-corrected chi connectivity index (χ0v) is 17.4. The Morgan fingerprint density at radius 1 is 1.09 bits per heavy atom. The molecule has 0 bridgehead atoms. The van der Waals surface area contributed by atoms with Crippen molar-refractivity contribution in [3.05, 3.63) is 77.3 Å². The van der Waals surface area contributed by atoms with Crippen molar-refractivity contribution in [3.8, 4) is 28.7 Å². The minimum absolute atomic E-state index is 0.0805. The molecular formula is C22H15F2N3O4S. The van der Waals surface area contributed by atoms with Gasteiger partial charge in [-0.3, -0.25) is 0 Å². The van der Waals surface area contributed by atoms with Crippen LogP contribution in [0.2, 0.25) is 0 Å². The van der Waals surface area contributed by atoms with E-state index in [1.54, 1.807) is 31.3 Å². The van der Waals surface area contributed by atoms with Crippen LogP contribution in [0.4, 0.5) is 8.78 Å². The van der Waals surface area contributed by atoms with Gasteiger partial charge in [-0.25, -0.2) is 26.9 Å². The topological polar surface area (TPSA) is 110 Å². The van der Waals surface area contributed by atoms with Gasteiger partial charge in [-0.15, -0.1) is 0 Å². The second-order valence-corrected chi connectivity index (χ2v) is 8.98. The van der Waals surface area contributed by atoms with Crippen LogP contribution in [0.15, 0.2) is 59.6 Å². The lowest BCUT2D eigenvalue weighted by Gasteiger charge is -2.16. The fraction of sp³-hybridized carbons (Fsp3) is 0.0909. The number of nitriles is 1. The lowest BCUT2D eigenvalue weighted by atomic mass is 10.0. The Balaban J connectivity index is 1.97. The predicted octanol–water partition coefficient (Wildman–Crippen LogP) is 4.14. The molecule has 0 aliphatic carbocycles. The van der Waals surface area contributed by atoms with Crippen molar-refractivity contribution in [1.82, 2.24) is 4.98 Å². The molecule has 2 heterocycles. The van der Waals surface area contributed by atoms with Crippen LogP contribution in [0.3, 0.4) is 0 Å². The molecule has 0 aliphatic rings. The molecule has 0 saturated carbocycles. The van der Waals surface area contributed by atoms with Crippen LogP contribution in [0.25, 0.3) is 22.2 Å². The number of rotatable bonds is 5. The number of H-pyrrole nitrogens is 1. The lowest BCUT2D eigenvalue weighted by Crippen LogP contribution is -2.31. The fourth-order valence-corrected chi connectivity index (χ4v) is 4.25. The molecule has 4 aromatic rings.